The van der Waals surface area contributed by atoms with E-state index in [2.05, 4.69) is 35.1 Å². The Morgan fingerprint density at radius 2 is 2.20 bits per heavy atom. The summed E-state index contributed by atoms with van der Waals surface area (Å²) in [6.07, 6.45) is 0. The Balaban J connectivity index is 2.37. The lowest BCUT2D eigenvalue weighted by molar-refractivity contribution is 0.294. The first kappa shape index (κ1) is 12.5. The molecule has 0 spiro atoms. The molecule has 1 rings (SSSR count). The van der Waals surface area contributed by atoms with E-state index in [4.69, 9.17) is 4.74 Å². The van der Waals surface area contributed by atoms with Gasteiger partial charge in [-0.3, -0.25) is 0 Å². The maximum atomic E-state index is 13.3. The first-order valence-corrected chi connectivity index (χ1v) is 5.70. The molecule has 2 nitrogen and oxygen atoms in total. The summed E-state index contributed by atoms with van der Waals surface area (Å²) in [5, 5.41) is 3.19. The number of hydrogen-bond donors (Lipinski definition) is 1. The number of nitrogens with one attached hydrogen (secondary N) is 1. The van der Waals surface area contributed by atoms with E-state index in [9.17, 15) is 4.39 Å². The predicted molar refractivity (Wildman–Crippen MR) is 62.7 cm³/mol. The van der Waals surface area contributed by atoms with Crippen molar-refractivity contribution in [2.75, 3.05) is 13.2 Å². The van der Waals surface area contributed by atoms with Crippen LogP contribution in [0, 0.1) is 5.82 Å². The molecule has 0 heterocycles. The molecule has 0 aliphatic carbocycles. The zero-order valence-corrected chi connectivity index (χ0v) is 10.5. The van der Waals surface area contributed by atoms with Crippen LogP contribution >= 0.6 is 15.9 Å². The number of rotatable bonds is 5. The van der Waals surface area contributed by atoms with Gasteiger partial charge in [0.25, 0.3) is 0 Å². The lowest BCUT2D eigenvalue weighted by atomic mass is 10.3. The van der Waals surface area contributed by atoms with Crippen molar-refractivity contribution >= 4 is 15.9 Å². The fraction of sp³-hybridized carbons (Fsp3) is 0.455. The molecule has 0 amide bonds. The van der Waals surface area contributed by atoms with Gasteiger partial charge in [0.2, 0.25) is 0 Å². The summed E-state index contributed by atoms with van der Waals surface area (Å²) >= 11 is 3.19. The summed E-state index contributed by atoms with van der Waals surface area (Å²) in [4.78, 5) is 0. The van der Waals surface area contributed by atoms with Gasteiger partial charge in [0, 0.05) is 17.1 Å². The van der Waals surface area contributed by atoms with E-state index in [0.717, 1.165) is 0 Å². The van der Waals surface area contributed by atoms with Gasteiger partial charge < -0.3 is 10.1 Å². The van der Waals surface area contributed by atoms with Gasteiger partial charge in [-0.25, -0.2) is 4.39 Å². The van der Waals surface area contributed by atoms with Crippen LogP contribution in [0.4, 0.5) is 4.39 Å². The maximum absolute atomic E-state index is 13.3. The van der Waals surface area contributed by atoms with E-state index in [-0.39, 0.29) is 5.82 Å². The third-order valence-electron chi connectivity index (χ3n) is 1.81. The van der Waals surface area contributed by atoms with E-state index < -0.39 is 0 Å². The normalized spacial score (nSPS) is 10.7. The predicted octanol–water partition coefficient (Wildman–Crippen LogP) is 2.97. The van der Waals surface area contributed by atoms with Gasteiger partial charge in [0.05, 0.1) is 0 Å². The second-order valence-corrected chi connectivity index (χ2v) is 4.45. The lowest BCUT2D eigenvalue weighted by Crippen LogP contribution is -2.27. The van der Waals surface area contributed by atoms with Crippen LogP contribution < -0.4 is 10.1 Å². The van der Waals surface area contributed by atoms with E-state index in [1.807, 2.05) is 0 Å². The Kier molecular flexibility index (Phi) is 5.05. The van der Waals surface area contributed by atoms with Crippen molar-refractivity contribution in [1.29, 1.82) is 0 Å². The second kappa shape index (κ2) is 6.08. The molecule has 1 N–H and O–H groups in total. The van der Waals surface area contributed by atoms with Gasteiger partial charge >= 0.3 is 0 Å². The molecule has 0 fully saturated rings. The molecule has 84 valence electrons. The Labute approximate surface area is 98.0 Å². The maximum Gasteiger partial charge on any atom is 0.166 e. The van der Waals surface area contributed by atoms with Crippen molar-refractivity contribution in [3.63, 3.8) is 0 Å². The minimum Gasteiger partial charge on any atom is -0.489 e. The van der Waals surface area contributed by atoms with Crippen molar-refractivity contribution in [1.82, 2.24) is 5.32 Å². The number of halogens is 2. The fourth-order valence-corrected chi connectivity index (χ4v) is 1.43. The molecule has 0 radical (unpaired) electrons. The highest BCUT2D eigenvalue weighted by molar-refractivity contribution is 9.10. The fourth-order valence-electron chi connectivity index (χ4n) is 1.10. The second-order valence-electron chi connectivity index (χ2n) is 3.53. The average Bonchev–Trinajstić information content (AvgIpc) is 2.14. The Morgan fingerprint density at radius 1 is 1.47 bits per heavy atom. The van der Waals surface area contributed by atoms with E-state index in [0.29, 0.717) is 29.4 Å². The van der Waals surface area contributed by atoms with Crippen LogP contribution in [0.1, 0.15) is 13.8 Å². The molecule has 15 heavy (non-hydrogen) atoms. The van der Waals surface area contributed by atoms with Crippen molar-refractivity contribution < 1.29 is 9.13 Å². The molecule has 1 aromatic carbocycles. The summed E-state index contributed by atoms with van der Waals surface area (Å²) in [7, 11) is 0. The summed E-state index contributed by atoms with van der Waals surface area (Å²) in [6, 6.07) is 5.19. The third-order valence-corrected chi connectivity index (χ3v) is 2.30. The average molecular weight is 276 g/mol. The SMILES string of the molecule is CC(C)NCCOc1ccc(Br)cc1F. The van der Waals surface area contributed by atoms with Crippen LogP contribution in [0.2, 0.25) is 0 Å². The topological polar surface area (TPSA) is 21.3 Å². The molecule has 4 heteroatoms. The zero-order valence-electron chi connectivity index (χ0n) is 8.89. The largest absolute Gasteiger partial charge is 0.489 e. The lowest BCUT2D eigenvalue weighted by Gasteiger charge is -2.10. The van der Waals surface area contributed by atoms with Crippen molar-refractivity contribution in [2.45, 2.75) is 19.9 Å². The summed E-state index contributed by atoms with van der Waals surface area (Å²) in [6.45, 7) is 5.30. The molecule has 0 unspecified atom stereocenters. The Bertz CT molecular complexity index is 317. The first-order valence-electron chi connectivity index (χ1n) is 4.91. The highest BCUT2D eigenvalue weighted by Gasteiger charge is 2.03. The molecule has 0 aliphatic rings. The highest BCUT2D eigenvalue weighted by Crippen LogP contribution is 2.21. The van der Waals surface area contributed by atoms with Crippen molar-refractivity contribution in [2.24, 2.45) is 0 Å². The minimum atomic E-state index is -0.339. The van der Waals surface area contributed by atoms with Crippen LogP contribution in [0.15, 0.2) is 22.7 Å². The van der Waals surface area contributed by atoms with E-state index in [1.54, 1.807) is 12.1 Å². The molecule has 0 saturated carbocycles. The standard InChI is InChI=1S/C11H15BrFNO/c1-8(2)14-5-6-15-11-4-3-9(12)7-10(11)13/h3-4,7-8,14H,5-6H2,1-2H3. The van der Waals surface area contributed by atoms with Crippen LogP contribution in [0.3, 0.4) is 0 Å². The highest BCUT2D eigenvalue weighted by atomic mass is 79.9. The van der Waals surface area contributed by atoms with Gasteiger partial charge in [-0.2, -0.15) is 0 Å². The number of hydrogen-bond acceptors (Lipinski definition) is 2. The van der Waals surface area contributed by atoms with Crippen LogP contribution in [-0.2, 0) is 0 Å². The van der Waals surface area contributed by atoms with Crippen molar-refractivity contribution in [3.8, 4) is 5.75 Å². The van der Waals surface area contributed by atoms with Gasteiger partial charge in [-0.15, -0.1) is 0 Å². The molecule has 0 saturated heterocycles. The monoisotopic (exact) mass is 275 g/mol. The summed E-state index contributed by atoms with van der Waals surface area (Å²) in [5.41, 5.74) is 0. The van der Waals surface area contributed by atoms with Crippen molar-refractivity contribution in [3.05, 3.63) is 28.5 Å². The molecule has 0 bridgehead atoms. The minimum absolute atomic E-state index is 0.295. The summed E-state index contributed by atoms with van der Waals surface area (Å²) in [5.74, 6) is -0.0438. The molecular formula is C11H15BrFNO. The quantitative estimate of drug-likeness (QED) is 0.835. The van der Waals surface area contributed by atoms with Crippen LogP contribution in [0.25, 0.3) is 0 Å². The number of benzene rings is 1. The molecule has 0 aliphatic heterocycles. The summed E-state index contributed by atoms with van der Waals surface area (Å²) < 4.78 is 19.3. The third kappa shape index (κ3) is 4.62. The molecule has 0 aromatic heterocycles. The van der Waals surface area contributed by atoms with Gasteiger partial charge in [-0.05, 0) is 18.2 Å². The van der Waals surface area contributed by atoms with Gasteiger partial charge in [0.1, 0.15) is 6.61 Å². The smallest absolute Gasteiger partial charge is 0.166 e. The molecule has 0 atom stereocenters. The first-order chi connectivity index (χ1) is 7.09. The van der Waals surface area contributed by atoms with Crippen LogP contribution in [-0.4, -0.2) is 19.2 Å². The van der Waals surface area contributed by atoms with E-state index in [1.165, 1.54) is 6.07 Å². The van der Waals surface area contributed by atoms with E-state index >= 15 is 0 Å². The van der Waals surface area contributed by atoms with Gasteiger partial charge in [0.15, 0.2) is 11.6 Å². The molecule has 1 aromatic rings. The molecular weight excluding hydrogens is 261 g/mol. The Hall–Kier alpha value is -0.610. The van der Waals surface area contributed by atoms with Crippen LogP contribution in [0.5, 0.6) is 5.75 Å². The number of ether oxygens (including phenoxy) is 1. The van der Waals surface area contributed by atoms with Gasteiger partial charge in [-0.1, -0.05) is 29.8 Å². The Morgan fingerprint density at radius 3 is 2.80 bits per heavy atom. The zero-order chi connectivity index (χ0) is 11.3.